The van der Waals surface area contributed by atoms with E-state index in [0.29, 0.717) is 22.0 Å². The van der Waals surface area contributed by atoms with E-state index in [1.807, 2.05) is 0 Å². The number of methoxy groups -OCH3 is 2. The van der Waals surface area contributed by atoms with Crippen molar-refractivity contribution in [3.8, 4) is 11.5 Å². The van der Waals surface area contributed by atoms with Crippen molar-refractivity contribution in [1.29, 1.82) is 0 Å². The molecule has 0 bridgehead atoms. The van der Waals surface area contributed by atoms with E-state index in [9.17, 15) is 4.79 Å². The fourth-order valence-electron chi connectivity index (χ4n) is 2.00. The summed E-state index contributed by atoms with van der Waals surface area (Å²) in [7, 11) is 3.08. The Morgan fingerprint density at radius 3 is 2.21 bits per heavy atom. The Kier molecular flexibility index (Phi) is 8.86. The summed E-state index contributed by atoms with van der Waals surface area (Å²) in [4.78, 5) is 12.4. The van der Waals surface area contributed by atoms with Crippen LogP contribution in [0.1, 0.15) is 5.56 Å². The lowest BCUT2D eigenvalue weighted by Gasteiger charge is -2.11. The van der Waals surface area contributed by atoms with E-state index in [-0.39, 0.29) is 30.9 Å². The SMILES string of the molecule is COc1ccc(OC)c(/C=N/NC(=O)CSc2c(Cl)c(Cl)c(Cl)c(Cl)c2Cl)c1. The molecule has 0 unspecified atom stereocenters. The highest BCUT2D eigenvalue weighted by molar-refractivity contribution is 8.00. The van der Waals surface area contributed by atoms with Gasteiger partial charge in [-0.25, -0.2) is 5.43 Å². The van der Waals surface area contributed by atoms with Gasteiger partial charge in [-0.1, -0.05) is 58.0 Å². The molecule has 0 radical (unpaired) electrons. The zero-order valence-electron chi connectivity index (χ0n) is 14.5. The van der Waals surface area contributed by atoms with Gasteiger partial charge in [0.15, 0.2) is 0 Å². The van der Waals surface area contributed by atoms with Crippen LogP contribution in [0.15, 0.2) is 28.2 Å². The van der Waals surface area contributed by atoms with Gasteiger partial charge in [0.2, 0.25) is 5.91 Å². The molecule has 1 N–H and O–H groups in total. The first-order valence-electron chi connectivity index (χ1n) is 7.48. The van der Waals surface area contributed by atoms with E-state index in [0.717, 1.165) is 11.8 Å². The molecule has 0 heterocycles. The lowest BCUT2D eigenvalue weighted by molar-refractivity contribution is -0.118. The van der Waals surface area contributed by atoms with Crippen LogP contribution in [0.3, 0.4) is 0 Å². The lowest BCUT2D eigenvalue weighted by Crippen LogP contribution is -2.19. The average molecular weight is 503 g/mol. The predicted molar refractivity (Wildman–Crippen MR) is 117 cm³/mol. The molecule has 0 aliphatic heterocycles. The third-order valence-corrected chi connectivity index (χ3v) is 6.95. The van der Waals surface area contributed by atoms with Crippen molar-refractivity contribution in [3.63, 3.8) is 0 Å². The number of hydrogen-bond acceptors (Lipinski definition) is 5. The number of hydrogen-bond donors (Lipinski definition) is 1. The number of halogens is 5. The third-order valence-electron chi connectivity index (χ3n) is 3.35. The van der Waals surface area contributed by atoms with Crippen molar-refractivity contribution in [2.75, 3.05) is 20.0 Å². The highest BCUT2D eigenvalue weighted by Crippen LogP contribution is 2.47. The minimum Gasteiger partial charge on any atom is -0.497 e. The highest BCUT2D eigenvalue weighted by Gasteiger charge is 2.20. The number of carbonyl (C=O) groups excluding carboxylic acids is 1. The topological polar surface area (TPSA) is 59.9 Å². The van der Waals surface area contributed by atoms with Crippen molar-refractivity contribution >= 4 is 81.9 Å². The number of nitrogens with one attached hydrogen (secondary N) is 1. The van der Waals surface area contributed by atoms with Gasteiger partial charge in [0, 0.05) is 10.5 Å². The molecule has 0 saturated heterocycles. The number of hydrazone groups is 1. The first kappa shape index (κ1) is 23.3. The molecule has 0 atom stereocenters. The summed E-state index contributed by atoms with van der Waals surface area (Å²) in [5.41, 5.74) is 3.04. The number of amides is 1. The molecule has 28 heavy (non-hydrogen) atoms. The van der Waals surface area contributed by atoms with Crippen LogP contribution < -0.4 is 14.9 Å². The van der Waals surface area contributed by atoms with E-state index in [1.54, 1.807) is 25.3 Å². The molecule has 5 nitrogen and oxygen atoms in total. The van der Waals surface area contributed by atoms with Crippen LogP contribution in [0.2, 0.25) is 25.1 Å². The summed E-state index contributed by atoms with van der Waals surface area (Å²) in [5, 5.41) is 4.38. The van der Waals surface area contributed by atoms with Crippen LogP contribution >= 0.6 is 69.8 Å². The average Bonchev–Trinajstić information content (AvgIpc) is 2.70. The predicted octanol–water partition coefficient (Wildman–Crippen LogP) is 6.21. The third kappa shape index (κ3) is 5.53. The summed E-state index contributed by atoms with van der Waals surface area (Å²) < 4.78 is 10.4. The molecule has 11 heteroatoms. The van der Waals surface area contributed by atoms with Gasteiger partial charge in [-0.15, -0.1) is 11.8 Å². The molecule has 0 spiro atoms. The van der Waals surface area contributed by atoms with Crippen molar-refractivity contribution in [3.05, 3.63) is 48.9 Å². The second-order valence-corrected chi connectivity index (χ2v) is 7.96. The Bertz CT molecular complexity index is 895. The van der Waals surface area contributed by atoms with Gasteiger partial charge < -0.3 is 9.47 Å². The number of nitrogens with zero attached hydrogens (tertiary/aromatic N) is 1. The van der Waals surface area contributed by atoms with Gasteiger partial charge in [-0.2, -0.15) is 5.10 Å². The maximum Gasteiger partial charge on any atom is 0.250 e. The maximum absolute atomic E-state index is 12.1. The second kappa shape index (κ2) is 10.7. The molecular weight excluding hydrogens is 490 g/mol. The van der Waals surface area contributed by atoms with E-state index in [1.165, 1.54) is 13.3 Å². The van der Waals surface area contributed by atoms with Crippen molar-refractivity contribution < 1.29 is 14.3 Å². The Morgan fingerprint density at radius 2 is 1.64 bits per heavy atom. The fraction of sp³-hybridized carbons (Fsp3) is 0.176. The van der Waals surface area contributed by atoms with E-state index >= 15 is 0 Å². The molecule has 0 aliphatic rings. The van der Waals surface area contributed by atoms with Gasteiger partial charge in [0.1, 0.15) is 11.5 Å². The van der Waals surface area contributed by atoms with E-state index in [4.69, 9.17) is 67.5 Å². The van der Waals surface area contributed by atoms with Crippen molar-refractivity contribution in [2.45, 2.75) is 4.90 Å². The summed E-state index contributed by atoms with van der Waals surface area (Å²) in [5.74, 6) is 0.792. The lowest BCUT2D eigenvalue weighted by atomic mass is 10.2. The summed E-state index contributed by atoms with van der Waals surface area (Å²) in [6, 6.07) is 5.21. The molecule has 0 aromatic heterocycles. The Labute approximate surface area is 191 Å². The molecule has 0 aliphatic carbocycles. The van der Waals surface area contributed by atoms with E-state index < -0.39 is 5.91 Å². The minimum absolute atomic E-state index is 0.0275. The number of carbonyl (C=O) groups is 1. The number of rotatable bonds is 7. The number of thioether (sulfide) groups is 1. The Morgan fingerprint density at radius 1 is 1.04 bits per heavy atom. The van der Waals surface area contributed by atoms with Crippen LogP contribution in [-0.2, 0) is 4.79 Å². The molecule has 1 amide bonds. The monoisotopic (exact) mass is 500 g/mol. The molecule has 0 fully saturated rings. The molecule has 2 aromatic carbocycles. The quantitative estimate of drug-likeness (QED) is 0.161. The van der Waals surface area contributed by atoms with Gasteiger partial charge in [-0.05, 0) is 18.2 Å². The minimum atomic E-state index is -0.391. The normalized spacial score (nSPS) is 11.0. The highest BCUT2D eigenvalue weighted by atomic mass is 35.5. The van der Waals surface area contributed by atoms with Crippen LogP contribution in [0.25, 0.3) is 0 Å². The zero-order chi connectivity index (χ0) is 20.8. The largest absolute Gasteiger partial charge is 0.497 e. The molecule has 2 rings (SSSR count). The molecular formula is C17H13Cl5N2O3S. The van der Waals surface area contributed by atoms with Crippen LogP contribution in [0.5, 0.6) is 11.5 Å². The first-order valence-corrected chi connectivity index (χ1v) is 10.4. The van der Waals surface area contributed by atoms with E-state index in [2.05, 4.69) is 10.5 Å². The van der Waals surface area contributed by atoms with Gasteiger partial charge in [0.05, 0.1) is 51.3 Å². The zero-order valence-corrected chi connectivity index (χ0v) is 19.1. The summed E-state index contributed by atoms with van der Waals surface area (Å²) >= 11 is 31.3. The van der Waals surface area contributed by atoms with Gasteiger partial charge in [0.25, 0.3) is 0 Å². The van der Waals surface area contributed by atoms with Crippen LogP contribution in [0, 0.1) is 0 Å². The molecule has 150 valence electrons. The standard InChI is InChI=1S/C17H13Cl5N2O3S/c1-26-9-3-4-10(27-2)8(5-9)6-23-24-11(25)7-28-17-15(21)13(19)12(18)14(20)16(17)22/h3-6H,7H2,1-2H3,(H,24,25)/b23-6+. The number of ether oxygens (including phenoxy) is 2. The van der Waals surface area contributed by atoms with Crippen LogP contribution in [-0.4, -0.2) is 32.1 Å². The smallest absolute Gasteiger partial charge is 0.250 e. The second-order valence-electron chi connectivity index (χ2n) is 5.09. The number of benzene rings is 2. The maximum atomic E-state index is 12.1. The Hall–Kier alpha value is -1.02. The first-order chi connectivity index (χ1) is 13.3. The summed E-state index contributed by atoms with van der Waals surface area (Å²) in [6.45, 7) is 0. The van der Waals surface area contributed by atoms with Gasteiger partial charge >= 0.3 is 0 Å². The Balaban J connectivity index is 2.04. The van der Waals surface area contributed by atoms with Gasteiger partial charge in [-0.3, -0.25) is 4.79 Å². The van der Waals surface area contributed by atoms with Crippen molar-refractivity contribution in [2.24, 2.45) is 5.10 Å². The fourth-order valence-corrected chi connectivity index (χ4v) is 4.37. The van der Waals surface area contributed by atoms with Crippen molar-refractivity contribution in [1.82, 2.24) is 5.43 Å². The van der Waals surface area contributed by atoms with Crippen LogP contribution in [0.4, 0.5) is 0 Å². The summed E-state index contributed by atoms with van der Waals surface area (Å²) in [6.07, 6.45) is 1.44. The molecule has 2 aromatic rings. The molecule has 0 saturated carbocycles.